The molecule has 19 heavy (non-hydrogen) atoms. The SMILES string of the molecule is CCNc1cncc(NC2(CO)CCCC(C)C2)n1. The van der Waals surface area contributed by atoms with Crippen molar-refractivity contribution in [1.29, 1.82) is 0 Å². The van der Waals surface area contributed by atoms with Crippen LogP contribution in [0.4, 0.5) is 11.6 Å². The molecule has 1 heterocycles. The molecule has 0 aromatic carbocycles. The maximum atomic E-state index is 9.77. The largest absolute Gasteiger partial charge is 0.394 e. The van der Waals surface area contributed by atoms with E-state index < -0.39 is 0 Å². The molecule has 2 rings (SSSR count). The fourth-order valence-corrected chi connectivity index (χ4v) is 2.92. The van der Waals surface area contributed by atoms with Gasteiger partial charge in [-0.25, -0.2) is 4.98 Å². The number of aliphatic hydroxyl groups is 1. The van der Waals surface area contributed by atoms with Crippen molar-refractivity contribution in [1.82, 2.24) is 9.97 Å². The Morgan fingerprint density at radius 1 is 1.42 bits per heavy atom. The molecule has 5 nitrogen and oxygen atoms in total. The van der Waals surface area contributed by atoms with Gasteiger partial charge in [-0.05, 0) is 25.7 Å². The summed E-state index contributed by atoms with van der Waals surface area (Å²) in [6.45, 7) is 5.23. The lowest BCUT2D eigenvalue weighted by molar-refractivity contribution is 0.149. The molecule has 0 aliphatic heterocycles. The van der Waals surface area contributed by atoms with E-state index >= 15 is 0 Å². The lowest BCUT2D eigenvalue weighted by Crippen LogP contribution is -2.46. The molecule has 3 N–H and O–H groups in total. The zero-order chi connectivity index (χ0) is 13.7. The molecule has 1 saturated carbocycles. The highest BCUT2D eigenvalue weighted by molar-refractivity contribution is 5.43. The molecule has 1 aromatic rings. The van der Waals surface area contributed by atoms with Crippen molar-refractivity contribution in [2.45, 2.75) is 45.1 Å². The van der Waals surface area contributed by atoms with Crippen LogP contribution in [0.3, 0.4) is 0 Å². The molecular formula is C14H24N4O. The Labute approximate surface area is 114 Å². The molecule has 0 bridgehead atoms. The van der Waals surface area contributed by atoms with E-state index in [0.29, 0.717) is 5.92 Å². The van der Waals surface area contributed by atoms with E-state index in [0.717, 1.165) is 37.4 Å². The van der Waals surface area contributed by atoms with Crippen LogP contribution >= 0.6 is 0 Å². The first-order valence-corrected chi connectivity index (χ1v) is 7.12. The third kappa shape index (κ3) is 3.56. The number of nitrogens with one attached hydrogen (secondary N) is 2. The molecular weight excluding hydrogens is 240 g/mol. The second-order valence-corrected chi connectivity index (χ2v) is 5.58. The van der Waals surface area contributed by atoms with Gasteiger partial charge >= 0.3 is 0 Å². The Morgan fingerprint density at radius 3 is 2.89 bits per heavy atom. The first-order chi connectivity index (χ1) is 9.17. The summed E-state index contributed by atoms with van der Waals surface area (Å²) in [5.41, 5.74) is -0.239. The molecule has 0 spiro atoms. The fourth-order valence-electron chi connectivity index (χ4n) is 2.92. The lowest BCUT2D eigenvalue weighted by atomic mass is 9.77. The van der Waals surface area contributed by atoms with Gasteiger partial charge < -0.3 is 15.7 Å². The van der Waals surface area contributed by atoms with E-state index in [4.69, 9.17) is 0 Å². The third-order valence-corrected chi connectivity index (χ3v) is 3.78. The van der Waals surface area contributed by atoms with Crippen molar-refractivity contribution >= 4 is 11.6 Å². The van der Waals surface area contributed by atoms with E-state index in [-0.39, 0.29) is 12.1 Å². The smallest absolute Gasteiger partial charge is 0.147 e. The summed E-state index contributed by atoms with van der Waals surface area (Å²) < 4.78 is 0. The van der Waals surface area contributed by atoms with Gasteiger partial charge in [0, 0.05) is 6.54 Å². The summed E-state index contributed by atoms with van der Waals surface area (Å²) in [5, 5.41) is 16.3. The molecule has 106 valence electrons. The molecule has 2 unspecified atom stereocenters. The van der Waals surface area contributed by atoms with E-state index in [1.807, 2.05) is 6.92 Å². The first kappa shape index (κ1) is 14.1. The van der Waals surface area contributed by atoms with E-state index in [1.54, 1.807) is 12.4 Å². The summed E-state index contributed by atoms with van der Waals surface area (Å²) >= 11 is 0. The Morgan fingerprint density at radius 2 is 2.21 bits per heavy atom. The number of hydrogen-bond acceptors (Lipinski definition) is 5. The number of aliphatic hydroxyl groups excluding tert-OH is 1. The van der Waals surface area contributed by atoms with E-state index in [2.05, 4.69) is 27.5 Å². The van der Waals surface area contributed by atoms with Gasteiger partial charge in [-0.15, -0.1) is 0 Å². The molecule has 0 radical (unpaired) electrons. The van der Waals surface area contributed by atoms with Gasteiger partial charge in [-0.3, -0.25) is 4.98 Å². The zero-order valence-corrected chi connectivity index (χ0v) is 11.8. The van der Waals surface area contributed by atoms with Crippen LogP contribution in [0.25, 0.3) is 0 Å². The maximum Gasteiger partial charge on any atom is 0.147 e. The minimum Gasteiger partial charge on any atom is -0.394 e. The molecule has 1 aliphatic rings. The third-order valence-electron chi connectivity index (χ3n) is 3.78. The van der Waals surface area contributed by atoms with Crippen LogP contribution in [-0.2, 0) is 0 Å². The number of anilines is 2. The number of aromatic nitrogens is 2. The van der Waals surface area contributed by atoms with Gasteiger partial charge in [0.15, 0.2) is 0 Å². The molecule has 1 fully saturated rings. The topological polar surface area (TPSA) is 70.1 Å². The quantitative estimate of drug-likeness (QED) is 0.761. The van der Waals surface area contributed by atoms with Crippen LogP contribution in [0.1, 0.15) is 39.5 Å². The van der Waals surface area contributed by atoms with E-state index in [1.165, 1.54) is 6.42 Å². The Balaban J connectivity index is 2.11. The number of hydrogen-bond donors (Lipinski definition) is 3. The summed E-state index contributed by atoms with van der Waals surface area (Å²) in [6, 6.07) is 0. The zero-order valence-electron chi connectivity index (χ0n) is 11.8. The van der Waals surface area contributed by atoms with Crippen molar-refractivity contribution in [2.75, 3.05) is 23.8 Å². The van der Waals surface area contributed by atoms with Gasteiger partial charge in [0.05, 0.1) is 24.5 Å². The average molecular weight is 264 g/mol. The fraction of sp³-hybridized carbons (Fsp3) is 0.714. The van der Waals surface area contributed by atoms with Crippen LogP contribution in [-0.4, -0.2) is 33.8 Å². The normalized spacial score (nSPS) is 27.0. The summed E-state index contributed by atoms with van der Waals surface area (Å²) in [4.78, 5) is 8.66. The van der Waals surface area contributed by atoms with Crippen LogP contribution < -0.4 is 10.6 Å². The van der Waals surface area contributed by atoms with Gasteiger partial charge in [0.2, 0.25) is 0 Å². The van der Waals surface area contributed by atoms with Gasteiger partial charge in [-0.1, -0.05) is 19.8 Å². The number of nitrogens with zero attached hydrogens (tertiary/aromatic N) is 2. The Kier molecular flexibility index (Phi) is 4.58. The highest BCUT2D eigenvalue weighted by Crippen LogP contribution is 2.34. The molecule has 5 heteroatoms. The standard InChI is InChI=1S/C14H24N4O/c1-3-16-12-8-15-9-13(17-12)18-14(10-19)6-4-5-11(2)7-14/h8-9,11,19H,3-7,10H2,1-2H3,(H2,16,17,18). The molecule has 1 aliphatic carbocycles. The minimum absolute atomic E-state index is 0.143. The van der Waals surface area contributed by atoms with Crippen molar-refractivity contribution in [2.24, 2.45) is 5.92 Å². The number of rotatable bonds is 5. The second kappa shape index (κ2) is 6.19. The summed E-state index contributed by atoms with van der Waals surface area (Å²) in [5.74, 6) is 2.14. The van der Waals surface area contributed by atoms with Gasteiger partial charge in [0.1, 0.15) is 11.6 Å². The van der Waals surface area contributed by atoms with E-state index in [9.17, 15) is 5.11 Å². The average Bonchev–Trinajstić information content (AvgIpc) is 2.39. The van der Waals surface area contributed by atoms with Crippen molar-refractivity contribution < 1.29 is 5.11 Å². The van der Waals surface area contributed by atoms with Crippen LogP contribution in [0.5, 0.6) is 0 Å². The molecule has 0 saturated heterocycles. The summed E-state index contributed by atoms with van der Waals surface area (Å²) in [6.07, 6.45) is 7.79. The molecule has 0 amide bonds. The maximum absolute atomic E-state index is 9.77. The highest BCUT2D eigenvalue weighted by atomic mass is 16.3. The minimum atomic E-state index is -0.239. The Hall–Kier alpha value is -1.36. The van der Waals surface area contributed by atoms with Gasteiger partial charge in [0.25, 0.3) is 0 Å². The van der Waals surface area contributed by atoms with Gasteiger partial charge in [-0.2, -0.15) is 0 Å². The van der Waals surface area contributed by atoms with Crippen LogP contribution in [0.2, 0.25) is 0 Å². The van der Waals surface area contributed by atoms with Crippen LogP contribution in [0.15, 0.2) is 12.4 Å². The predicted octanol–water partition coefficient (Wildman–Crippen LogP) is 2.26. The van der Waals surface area contributed by atoms with Crippen molar-refractivity contribution in [3.05, 3.63) is 12.4 Å². The van der Waals surface area contributed by atoms with Crippen molar-refractivity contribution in [3.8, 4) is 0 Å². The first-order valence-electron chi connectivity index (χ1n) is 7.12. The monoisotopic (exact) mass is 264 g/mol. The second-order valence-electron chi connectivity index (χ2n) is 5.58. The Bertz CT molecular complexity index is 412. The molecule has 2 atom stereocenters. The molecule has 1 aromatic heterocycles. The highest BCUT2D eigenvalue weighted by Gasteiger charge is 2.34. The van der Waals surface area contributed by atoms with Crippen LogP contribution in [0, 0.1) is 5.92 Å². The van der Waals surface area contributed by atoms with Crippen molar-refractivity contribution in [3.63, 3.8) is 0 Å². The predicted molar refractivity (Wildman–Crippen MR) is 77.3 cm³/mol. The summed E-state index contributed by atoms with van der Waals surface area (Å²) in [7, 11) is 0. The lowest BCUT2D eigenvalue weighted by Gasteiger charge is -2.39.